The minimum Gasteiger partial charge on any atom is -0.294 e. The van der Waals surface area contributed by atoms with Crippen molar-refractivity contribution in [1.29, 1.82) is 5.26 Å². The number of ketones is 1. The maximum atomic E-state index is 13.7. The van der Waals surface area contributed by atoms with Crippen molar-refractivity contribution in [1.82, 2.24) is 0 Å². The molecule has 0 saturated heterocycles. The summed E-state index contributed by atoms with van der Waals surface area (Å²) >= 11 is 0. The van der Waals surface area contributed by atoms with E-state index in [-0.39, 0.29) is 22.7 Å². The van der Waals surface area contributed by atoms with Gasteiger partial charge in [-0.05, 0) is 42.4 Å². The summed E-state index contributed by atoms with van der Waals surface area (Å²) in [6.07, 6.45) is 3.20. The molecule has 0 radical (unpaired) electrons. The predicted octanol–water partition coefficient (Wildman–Crippen LogP) is 4.34. The molecule has 1 aromatic rings. The number of benzene rings is 1. The lowest BCUT2D eigenvalue weighted by Crippen LogP contribution is -2.39. The highest BCUT2D eigenvalue weighted by Gasteiger charge is 2.41. The Morgan fingerprint density at radius 2 is 2.15 bits per heavy atom. The normalized spacial score (nSPS) is 24.9. The van der Waals surface area contributed by atoms with Crippen LogP contribution in [-0.2, 0) is 0 Å². The first kappa shape index (κ1) is 14.7. The zero-order valence-corrected chi connectivity index (χ0v) is 12.2. The quantitative estimate of drug-likeness (QED) is 0.752. The van der Waals surface area contributed by atoms with Gasteiger partial charge in [0.1, 0.15) is 11.9 Å². The van der Waals surface area contributed by atoms with Crippen molar-refractivity contribution < 1.29 is 9.18 Å². The second kappa shape index (κ2) is 5.36. The average molecular weight is 273 g/mol. The largest absolute Gasteiger partial charge is 0.294 e. The lowest BCUT2D eigenvalue weighted by Gasteiger charge is -2.42. The first-order valence-corrected chi connectivity index (χ1v) is 7.10. The summed E-state index contributed by atoms with van der Waals surface area (Å²) in [5.41, 5.74) is 0.310. The third-order valence-corrected chi connectivity index (χ3v) is 4.55. The smallest absolute Gasteiger partial charge is 0.166 e. The monoisotopic (exact) mass is 273 g/mol. The molecule has 0 aliphatic heterocycles. The van der Waals surface area contributed by atoms with E-state index in [0.29, 0.717) is 11.5 Å². The molecular formula is C17H20FNO. The number of hydrogen-bond donors (Lipinski definition) is 0. The van der Waals surface area contributed by atoms with Gasteiger partial charge in [-0.15, -0.1) is 0 Å². The van der Waals surface area contributed by atoms with Crippen LogP contribution in [0.25, 0.3) is 0 Å². The number of hydrogen-bond acceptors (Lipinski definition) is 2. The third-order valence-electron chi connectivity index (χ3n) is 4.55. The Morgan fingerprint density at radius 1 is 1.45 bits per heavy atom. The van der Waals surface area contributed by atoms with Gasteiger partial charge in [-0.25, -0.2) is 4.39 Å². The van der Waals surface area contributed by atoms with E-state index in [0.717, 1.165) is 19.3 Å². The summed E-state index contributed by atoms with van der Waals surface area (Å²) in [7, 11) is 0. The molecular weight excluding hydrogens is 253 g/mol. The molecule has 0 bridgehead atoms. The van der Waals surface area contributed by atoms with Crippen molar-refractivity contribution in [3.63, 3.8) is 0 Å². The van der Waals surface area contributed by atoms with Crippen molar-refractivity contribution in [2.45, 2.75) is 40.0 Å². The van der Waals surface area contributed by atoms with Gasteiger partial charge in [0.05, 0.1) is 5.56 Å². The SMILES string of the molecule is C[C@H]1CCCC(C)(C)[C@@H]1C(=O)c1ccc(C#N)c(F)c1. The van der Waals surface area contributed by atoms with Gasteiger partial charge < -0.3 is 0 Å². The summed E-state index contributed by atoms with van der Waals surface area (Å²) in [4.78, 5) is 12.7. The maximum absolute atomic E-state index is 13.7. The number of carbonyl (C=O) groups is 1. The van der Waals surface area contributed by atoms with E-state index >= 15 is 0 Å². The molecule has 0 aromatic heterocycles. The number of nitrogens with zero attached hydrogens (tertiary/aromatic N) is 1. The highest BCUT2D eigenvalue weighted by atomic mass is 19.1. The van der Waals surface area contributed by atoms with Gasteiger partial charge in [0.25, 0.3) is 0 Å². The first-order valence-electron chi connectivity index (χ1n) is 7.10. The van der Waals surface area contributed by atoms with Crippen LogP contribution in [-0.4, -0.2) is 5.78 Å². The standard InChI is InChI=1S/C17H20FNO/c1-11-5-4-8-17(2,3)15(11)16(20)12-6-7-13(10-19)14(18)9-12/h6-7,9,11,15H,4-5,8H2,1-3H3/t11-,15-/m0/s1. The first-order chi connectivity index (χ1) is 9.36. The molecule has 1 aliphatic carbocycles. The Morgan fingerprint density at radius 3 is 2.70 bits per heavy atom. The molecule has 2 rings (SSSR count). The van der Waals surface area contributed by atoms with Gasteiger partial charge in [0, 0.05) is 11.5 Å². The van der Waals surface area contributed by atoms with Gasteiger partial charge in [-0.3, -0.25) is 4.79 Å². The van der Waals surface area contributed by atoms with Crippen molar-refractivity contribution >= 4 is 5.78 Å². The number of Topliss-reactive ketones (excluding diaryl/α,β-unsaturated/α-hetero) is 1. The van der Waals surface area contributed by atoms with Crippen molar-refractivity contribution in [2.75, 3.05) is 0 Å². The number of carbonyl (C=O) groups excluding carboxylic acids is 1. The lowest BCUT2D eigenvalue weighted by molar-refractivity contribution is 0.0539. The molecule has 0 spiro atoms. The van der Waals surface area contributed by atoms with E-state index in [4.69, 9.17) is 5.26 Å². The molecule has 20 heavy (non-hydrogen) atoms. The Kier molecular flexibility index (Phi) is 3.94. The van der Waals surface area contributed by atoms with Crippen LogP contribution < -0.4 is 0 Å². The van der Waals surface area contributed by atoms with Gasteiger partial charge in [0.15, 0.2) is 5.78 Å². The lowest BCUT2D eigenvalue weighted by atomic mass is 9.62. The van der Waals surface area contributed by atoms with Gasteiger partial charge in [-0.1, -0.05) is 27.2 Å². The summed E-state index contributed by atoms with van der Waals surface area (Å²) in [6.45, 7) is 6.33. The molecule has 3 heteroatoms. The molecule has 2 atom stereocenters. The van der Waals surface area contributed by atoms with Crippen LogP contribution in [0.3, 0.4) is 0 Å². The van der Waals surface area contributed by atoms with Crippen LogP contribution in [0, 0.1) is 34.4 Å². The maximum Gasteiger partial charge on any atom is 0.166 e. The van der Waals surface area contributed by atoms with Crippen LogP contribution in [0.5, 0.6) is 0 Å². The molecule has 2 nitrogen and oxygen atoms in total. The molecule has 1 fully saturated rings. The fraction of sp³-hybridized carbons (Fsp3) is 0.529. The Hall–Kier alpha value is -1.69. The summed E-state index contributed by atoms with van der Waals surface area (Å²) < 4.78 is 13.7. The molecule has 0 amide bonds. The van der Waals surface area contributed by atoms with Gasteiger partial charge in [0.2, 0.25) is 0 Å². The van der Waals surface area contributed by atoms with Crippen LogP contribution >= 0.6 is 0 Å². The Bertz CT molecular complexity index is 571. The topological polar surface area (TPSA) is 40.9 Å². The fourth-order valence-corrected chi connectivity index (χ4v) is 3.52. The van der Waals surface area contributed by atoms with Gasteiger partial charge >= 0.3 is 0 Å². The van der Waals surface area contributed by atoms with Crippen molar-refractivity contribution in [2.24, 2.45) is 17.3 Å². The summed E-state index contributed by atoms with van der Waals surface area (Å²) in [6, 6.07) is 5.95. The highest BCUT2D eigenvalue weighted by molar-refractivity contribution is 5.98. The average Bonchev–Trinajstić information content (AvgIpc) is 2.37. The second-order valence-corrected chi connectivity index (χ2v) is 6.51. The predicted molar refractivity (Wildman–Crippen MR) is 75.7 cm³/mol. The molecule has 0 N–H and O–H groups in total. The molecule has 1 aliphatic rings. The van der Waals surface area contributed by atoms with Crippen molar-refractivity contribution in [3.8, 4) is 6.07 Å². The van der Waals surface area contributed by atoms with Gasteiger partial charge in [-0.2, -0.15) is 5.26 Å². The molecule has 1 aromatic carbocycles. The minimum absolute atomic E-state index is 0.00518. The summed E-state index contributed by atoms with van der Waals surface area (Å²) in [5.74, 6) is -0.376. The summed E-state index contributed by atoms with van der Waals surface area (Å²) in [5, 5.41) is 8.75. The number of nitriles is 1. The molecule has 0 unspecified atom stereocenters. The fourth-order valence-electron chi connectivity index (χ4n) is 3.52. The van der Waals surface area contributed by atoms with E-state index in [1.165, 1.54) is 12.1 Å². The van der Waals surface area contributed by atoms with E-state index in [1.807, 2.05) is 0 Å². The number of halogens is 1. The van der Waals surface area contributed by atoms with Crippen LogP contribution in [0.2, 0.25) is 0 Å². The third kappa shape index (κ3) is 2.60. The van der Waals surface area contributed by atoms with E-state index in [2.05, 4.69) is 20.8 Å². The zero-order valence-electron chi connectivity index (χ0n) is 12.2. The minimum atomic E-state index is -0.611. The van der Waals surface area contributed by atoms with Crippen LogP contribution in [0.1, 0.15) is 56.0 Å². The zero-order chi connectivity index (χ0) is 14.9. The van der Waals surface area contributed by atoms with E-state index < -0.39 is 5.82 Å². The van der Waals surface area contributed by atoms with Crippen LogP contribution in [0.4, 0.5) is 4.39 Å². The Labute approximate surface area is 119 Å². The highest BCUT2D eigenvalue weighted by Crippen LogP contribution is 2.45. The van der Waals surface area contributed by atoms with Crippen molar-refractivity contribution in [3.05, 3.63) is 35.1 Å². The van der Waals surface area contributed by atoms with E-state index in [1.54, 1.807) is 12.1 Å². The molecule has 1 saturated carbocycles. The van der Waals surface area contributed by atoms with E-state index in [9.17, 15) is 9.18 Å². The second-order valence-electron chi connectivity index (χ2n) is 6.51. The Balaban J connectivity index is 2.35. The molecule has 106 valence electrons. The van der Waals surface area contributed by atoms with Crippen LogP contribution in [0.15, 0.2) is 18.2 Å². The number of rotatable bonds is 2. The molecule has 0 heterocycles.